The summed E-state index contributed by atoms with van der Waals surface area (Å²) >= 11 is 0. The number of aliphatic hydroxyl groups is 1. The van der Waals surface area contributed by atoms with Gasteiger partial charge in [-0.3, -0.25) is 9.36 Å². The van der Waals surface area contributed by atoms with Crippen molar-refractivity contribution in [1.29, 1.82) is 0 Å². The molecular formula is C24H32N4O2. The first-order valence-corrected chi connectivity index (χ1v) is 11.0. The summed E-state index contributed by atoms with van der Waals surface area (Å²) in [5, 5.41) is 15.4. The first-order chi connectivity index (χ1) is 14.4. The minimum atomic E-state index is -0.875. The number of piperidine rings is 1. The minimum absolute atomic E-state index is 0.0635. The molecule has 160 valence electrons. The highest BCUT2D eigenvalue weighted by molar-refractivity contribution is 5.81. The molecule has 1 fully saturated rings. The van der Waals surface area contributed by atoms with E-state index in [1.165, 1.54) is 5.56 Å². The largest absolute Gasteiger partial charge is 0.388 e. The third-order valence-corrected chi connectivity index (χ3v) is 6.53. The molecule has 0 unspecified atom stereocenters. The highest BCUT2D eigenvalue weighted by atomic mass is 16.3. The zero-order chi connectivity index (χ0) is 21.3. The van der Waals surface area contributed by atoms with Crippen LogP contribution >= 0.6 is 0 Å². The predicted molar refractivity (Wildman–Crippen MR) is 120 cm³/mol. The lowest BCUT2D eigenvalue weighted by Gasteiger charge is -2.37. The summed E-state index contributed by atoms with van der Waals surface area (Å²) in [5.74, 6) is 0. The maximum atomic E-state index is 13.4. The fraction of sp³-hybridized carbons (Fsp3) is 0.500. The van der Waals surface area contributed by atoms with Crippen molar-refractivity contribution in [1.82, 2.24) is 19.4 Å². The molecule has 0 radical (unpaired) electrons. The molecule has 1 aromatic carbocycles. The number of rotatable bonds is 6. The van der Waals surface area contributed by atoms with Gasteiger partial charge in [-0.25, -0.2) is 4.98 Å². The van der Waals surface area contributed by atoms with Crippen molar-refractivity contribution in [2.24, 2.45) is 0 Å². The SMILES string of the molecule is CCC[C@@H]1C[C@@](O)(Cn2cnc3c(c(C)c(C)n3Cc3ccccc3)c2=O)CCN1. The molecular weight excluding hydrogens is 376 g/mol. The first kappa shape index (κ1) is 20.8. The summed E-state index contributed by atoms with van der Waals surface area (Å²) in [6, 6.07) is 10.5. The second-order valence-electron chi connectivity index (χ2n) is 8.78. The molecule has 1 aliphatic rings. The lowest BCUT2D eigenvalue weighted by Crippen LogP contribution is -2.51. The summed E-state index contributed by atoms with van der Waals surface area (Å²) in [5.41, 5.74) is 2.98. The smallest absolute Gasteiger partial charge is 0.263 e. The molecule has 2 atom stereocenters. The van der Waals surface area contributed by atoms with E-state index in [2.05, 4.69) is 33.9 Å². The van der Waals surface area contributed by atoms with Gasteiger partial charge in [-0.15, -0.1) is 0 Å². The number of hydrogen-bond acceptors (Lipinski definition) is 4. The quantitative estimate of drug-likeness (QED) is 0.657. The van der Waals surface area contributed by atoms with Crippen LogP contribution in [0.15, 0.2) is 41.5 Å². The van der Waals surface area contributed by atoms with E-state index in [-0.39, 0.29) is 5.56 Å². The zero-order valence-electron chi connectivity index (χ0n) is 18.2. The number of aryl methyl sites for hydroxylation is 1. The van der Waals surface area contributed by atoms with Gasteiger partial charge in [-0.1, -0.05) is 43.7 Å². The van der Waals surface area contributed by atoms with E-state index in [9.17, 15) is 9.90 Å². The average Bonchev–Trinajstić information content (AvgIpc) is 2.96. The molecule has 1 aliphatic heterocycles. The van der Waals surface area contributed by atoms with Crippen molar-refractivity contribution in [3.05, 3.63) is 63.8 Å². The van der Waals surface area contributed by atoms with Crippen LogP contribution in [0.4, 0.5) is 0 Å². The number of fused-ring (bicyclic) bond motifs is 1. The molecule has 0 aliphatic carbocycles. The molecule has 0 spiro atoms. The van der Waals surface area contributed by atoms with Gasteiger partial charge in [0.25, 0.3) is 5.56 Å². The maximum absolute atomic E-state index is 13.4. The summed E-state index contributed by atoms with van der Waals surface area (Å²) in [6.07, 6.45) is 5.03. The van der Waals surface area contributed by atoms with Crippen molar-refractivity contribution < 1.29 is 5.11 Å². The summed E-state index contributed by atoms with van der Waals surface area (Å²) in [4.78, 5) is 18.0. The monoisotopic (exact) mass is 408 g/mol. The fourth-order valence-electron chi connectivity index (χ4n) is 4.78. The number of hydrogen-bond donors (Lipinski definition) is 2. The molecule has 0 saturated carbocycles. The van der Waals surface area contributed by atoms with Gasteiger partial charge in [0.15, 0.2) is 0 Å². The molecule has 0 amide bonds. The molecule has 0 bridgehead atoms. The molecule has 2 N–H and O–H groups in total. The Hall–Kier alpha value is -2.44. The lowest BCUT2D eigenvalue weighted by molar-refractivity contribution is -0.0208. The van der Waals surface area contributed by atoms with Gasteiger partial charge in [-0.2, -0.15) is 0 Å². The molecule has 3 aromatic rings. The van der Waals surface area contributed by atoms with Gasteiger partial charge >= 0.3 is 0 Å². The summed E-state index contributed by atoms with van der Waals surface area (Å²) < 4.78 is 3.72. The molecule has 30 heavy (non-hydrogen) atoms. The Bertz CT molecular complexity index is 1080. The van der Waals surface area contributed by atoms with E-state index in [0.717, 1.165) is 36.3 Å². The third kappa shape index (κ3) is 3.94. The molecule has 2 aromatic heterocycles. The molecule has 6 heteroatoms. The van der Waals surface area contributed by atoms with Crippen LogP contribution in [0.1, 0.15) is 49.4 Å². The van der Waals surface area contributed by atoms with E-state index in [4.69, 9.17) is 0 Å². The van der Waals surface area contributed by atoms with Gasteiger partial charge in [0.2, 0.25) is 0 Å². The fourth-order valence-corrected chi connectivity index (χ4v) is 4.78. The van der Waals surface area contributed by atoms with Gasteiger partial charge in [0.1, 0.15) is 12.0 Å². The van der Waals surface area contributed by atoms with E-state index < -0.39 is 5.60 Å². The Labute approximate surface area is 177 Å². The second-order valence-corrected chi connectivity index (χ2v) is 8.78. The molecule has 1 saturated heterocycles. The highest BCUT2D eigenvalue weighted by Crippen LogP contribution is 2.26. The van der Waals surface area contributed by atoms with Gasteiger partial charge < -0.3 is 15.0 Å². The number of aromatic nitrogens is 3. The molecule has 4 rings (SSSR count). The zero-order valence-corrected chi connectivity index (χ0v) is 18.2. The number of benzene rings is 1. The highest BCUT2D eigenvalue weighted by Gasteiger charge is 2.34. The van der Waals surface area contributed by atoms with E-state index in [1.807, 2.05) is 32.0 Å². The third-order valence-electron chi connectivity index (χ3n) is 6.53. The normalized spacial score (nSPS) is 21.9. The van der Waals surface area contributed by atoms with Crippen LogP contribution in [-0.2, 0) is 13.1 Å². The van der Waals surface area contributed by atoms with E-state index >= 15 is 0 Å². The van der Waals surface area contributed by atoms with Crippen LogP contribution in [0.2, 0.25) is 0 Å². The second kappa shape index (κ2) is 8.36. The van der Waals surface area contributed by atoms with Gasteiger partial charge in [0.05, 0.1) is 17.5 Å². The van der Waals surface area contributed by atoms with Crippen molar-refractivity contribution in [2.75, 3.05) is 6.54 Å². The van der Waals surface area contributed by atoms with Crippen LogP contribution in [-0.4, -0.2) is 37.4 Å². The van der Waals surface area contributed by atoms with Crippen LogP contribution in [0.3, 0.4) is 0 Å². The summed E-state index contributed by atoms with van der Waals surface area (Å²) in [6.45, 7) is 7.93. The topological polar surface area (TPSA) is 72.1 Å². The Morgan fingerprint density at radius 2 is 2.03 bits per heavy atom. The predicted octanol–water partition coefficient (Wildman–Crippen LogP) is 3.15. The van der Waals surface area contributed by atoms with Gasteiger partial charge in [0, 0.05) is 18.3 Å². The van der Waals surface area contributed by atoms with Gasteiger partial charge in [-0.05, 0) is 50.8 Å². The minimum Gasteiger partial charge on any atom is -0.388 e. The Morgan fingerprint density at radius 1 is 1.27 bits per heavy atom. The summed E-state index contributed by atoms with van der Waals surface area (Å²) in [7, 11) is 0. The Balaban J connectivity index is 1.68. The van der Waals surface area contributed by atoms with Crippen LogP contribution in [0.5, 0.6) is 0 Å². The Kier molecular flexibility index (Phi) is 5.80. The number of nitrogens with one attached hydrogen (secondary N) is 1. The van der Waals surface area contributed by atoms with Crippen molar-refractivity contribution in [3.8, 4) is 0 Å². The standard InChI is InChI=1S/C24H32N4O2/c1-4-8-20-13-24(30,11-12-25-20)15-27-16-26-22-21(23(27)29)17(2)18(3)28(22)14-19-9-6-5-7-10-19/h5-7,9-10,16,20,25,30H,4,8,11-15H2,1-3H3/t20-,24-/m1/s1. The van der Waals surface area contributed by atoms with E-state index in [1.54, 1.807) is 10.9 Å². The van der Waals surface area contributed by atoms with Crippen LogP contribution < -0.4 is 10.9 Å². The van der Waals surface area contributed by atoms with Crippen molar-refractivity contribution in [2.45, 2.75) is 71.2 Å². The van der Waals surface area contributed by atoms with Crippen molar-refractivity contribution in [3.63, 3.8) is 0 Å². The number of nitrogens with zero attached hydrogens (tertiary/aromatic N) is 3. The Morgan fingerprint density at radius 3 is 2.77 bits per heavy atom. The lowest BCUT2D eigenvalue weighted by atomic mass is 9.86. The maximum Gasteiger partial charge on any atom is 0.263 e. The average molecular weight is 409 g/mol. The molecule has 3 heterocycles. The van der Waals surface area contributed by atoms with Crippen LogP contribution in [0, 0.1) is 13.8 Å². The van der Waals surface area contributed by atoms with Crippen molar-refractivity contribution >= 4 is 11.0 Å². The van der Waals surface area contributed by atoms with E-state index in [0.29, 0.717) is 37.4 Å². The van der Waals surface area contributed by atoms with Crippen LogP contribution in [0.25, 0.3) is 11.0 Å². The first-order valence-electron chi connectivity index (χ1n) is 11.0. The molecule has 6 nitrogen and oxygen atoms in total.